The largest absolute Gasteiger partial charge is 0.392 e. The summed E-state index contributed by atoms with van der Waals surface area (Å²) < 4.78 is 0. The highest BCUT2D eigenvalue weighted by Crippen LogP contribution is 2.06. The second kappa shape index (κ2) is 5.98. The van der Waals surface area contributed by atoms with Crippen LogP contribution in [0, 0.1) is 0 Å². The minimum Gasteiger partial charge on any atom is -0.392 e. The monoisotopic (exact) mass is 170 g/mol. The molecule has 0 aliphatic rings. The average molecular weight is 170 g/mol. The molecule has 0 spiro atoms. The Kier molecular flexibility index (Phi) is 5.68. The first-order chi connectivity index (χ1) is 5.56. The lowest BCUT2D eigenvalue weighted by atomic mass is 10.1. The van der Waals surface area contributed by atoms with Gasteiger partial charge in [0.05, 0.1) is 12.7 Å². The predicted octanol–water partition coefficient (Wildman–Crippen LogP) is 1.64. The zero-order valence-electron chi connectivity index (χ0n) is 8.04. The molecular weight excluding hydrogens is 152 g/mol. The summed E-state index contributed by atoms with van der Waals surface area (Å²) in [6.07, 6.45) is 3.71. The van der Waals surface area contributed by atoms with Crippen LogP contribution in [0.2, 0.25) is 0 Å². The average Bonchev–Trinajstić information content (AvgIpc) is 1.84. The van der Waals surface area contributed by atoms with Crippen molar-refractivity contribution in [3.05, 3.63) is 23.3 Å². The number of aliphatic hydroxyl groups excluding tert-OH is 2. The van der Waals surface area contributed by atoms with E-state index in [0.717, 1.165) is 11.1 Å². The van der Waals surface area contributed by atoms with Gasteiger partial charge in [-0.1, -0.05) is 23.3 Å². The van der Waals surface area contributed by atoms with Crippen molar-refractivity contribution < 1.29 is 10.2 Å². The second-order valence-corrected chi connectivity index (χ2v) is 3.25. The van der Waals surface area contributed by atoms with Gasteiger partial charge >= 0.3 is 0 Å². The smallest absolute Gasteiger partial charge is 0.0760 e. The maximum atomic E-state index is 9.42. The summed E-state index contributed by atoms with van der Waals surface area (Å²) in [5.41, 5.74) is 2.13. The van der Waals surface area contributed by atoms with Crippen LogP contribution in [-0.4, -0.2) is 22.9 Å². The Bertz CT molecular complexity index is 176. The Hall–Kier alpha value is -0.600. The van der Waals surface area contributed by atoms with Gasteiger partial charge in [0.1, 0.15) is 0 Å². The quantitative estimate of drug-likeness (QED) is 0.630. The standard InChI is InChI=1S/C10H18O2/c1-8(2)6-10(12)7-9(3)4-5-11/h4,6,10-12H,5,7H2,1-3H3. The first kappa shape index (κ1) is 11.4. The summed E-state index contributed by atoms with van der Waals surface area (Å²) in [7, 11) is 0. The Morgan fingerprint density at radius 2 is 1.92 bits per heavy atom. The van der Waals surface area contributed by atoms with Gasteiger partial charge in [-0.3, -0.25) is 0 Å². The molecule has 0 radical (unpaired) electrons. The molecule has 1 atom stereocenters. The van der Waals surface area contributed by atoms with Crippen molar-refractivity contribution in [2.24, 2.45) is 0 Å². The van der Waals surface area contributed by atoms with E-state index in [9.17, 15) is 5.11 Å². The van der Waals surface area contributed by atoms with E-state index in [0.29, 0.717) is 6.42 Å². The lowest BCUT2D eigenvalue weighted by Gasteiger charge is -2.06. The molecule has 2 nitrogen and oxygen atoms in total. The van der Waals surface area contributed by atoms with Gasteiger partial charge in [-0.25, -0.2) is 0 Å². The van der Waals surface area contributed by atoms with Gasteiger partial charge in [0, 0.05) is 0 Å². The number of hydrogen-bond acceptors (Lipinski definition) is 2. The maximum absolute atomic E-state index is 9.42. The molecule has 0 saturated heterocycles. The molecule has 0 fully saturated rings. The van der Waals surface area contributed by atoms with Crippen molar-refractivity contribution in [1.82, 2.24) is 0 Å². The third kappa shape index (κ3) is 6.13. The van der Waals surface area contributed by atoms with Gasteiger partial charge in [0.2, 0.25) is 0 Å². The van der Waals surface area contributed by atoms with E-state index >= 15 is 0 Å². The van der Waals surface area contributed by atoms with Gasteiger partial charge in [0.15, 0.2) is 0 Å². The minimum atomic E-state index is -0.419. The highest BCUT2D eigenvalue weighted by Gasteiger charge is 1.99. The van der Waals surface area contributed by atoms with Crippen LogP contribution in [0.1, 0.15) is 27.2 Å². The Morgan fingerprint density at radius 3 is 2.33 bits per heavy atom. The maximum Gasteiger partial charge on any atom is 0.0760 e. The fourth-order valence-corrected chi connectivity index (χ4v) is 1.01. The first-order valence-electron chi connectivity index (χ1n) is 4.16. The van der Waals surface area contributed by atoms with Crippen LogP contribution < -0.4 is 0 Å². The summed E-state index contributed by atoms with van der Waals surface area (Å²) in [6.45, 7) is 5.86. The third-order valence-corrected chi connectivity index (χ3v) is 1.50. The second-order valence-electron chi connectivity index (χ2n) is 3.25. The van der Waals surface area contributed by atoms with Gasteiger partial charge in [0.25, 0.3) is 0 Å². The number of hydrogen-bond donors (Lipinski definition) is 2. The van der Waals surface area contributed by atoms with E-state index in [1.807, 2.05) is 26.8 Å². The van der Waals surface area contributed by atoms with Gasteiger partial charge < -0.3 is 10.2 Å². The van der Waals surface area contributed by atoms with Crippen molar-refractivity contribution in [3.8, 4) is 0 Å². The van der Waals surface area contributed by atoms with Crippen LogP contribution in [0.25, 0.3) is 0 Å². The van der Waals surface area contributed by atoms with E-state index in [-0.39, 0.29) is 6.61 Å². The topological polar surface area (TPSA) is 40.5 Å². The Balaban J connectivity index is 3.92. The molecule has 0 aromatic heterocycles. The van der Waals surface area contributed by atoms with Crippen LogP contribution in [-0.2, 0) is 0 Å². The molecule has 0 saturated carbocycles. The molecule has 0 heterocycles. The summed E-state index contributed by atoms with van der Waals surface area (Å²) >= 11 is 0. The molecule has 0 aromatic carbocycles. The molecule has 0 aliphatic carbocycles. The minimum absolute atomic E-state index is 0.0490. The molecule has 70 valence electrons. The molecule has 0 aliphatic heterocycles. The zero-order valence-corrected chi connectivity index (χ0v) is 8.04. The molecule has 2 N–H and O–H groups in total. The summed E-state index contributed by atoms with van der Waals surface area (Å²) in [4.78, 5) is 0. The van der Waals surface area contributed by atoms with Crippen molar-refractivity contribution >= 4 is 0 Å². The van der Waals surface area contributed by atoms with Crippen LogP contribution in [0.5, 0.6) is 0 Å². The zero-order chi connectivity index (χ0) is 9.56. The summed E-state index contributed by atoms with van der Waals surface area (Å²) in [5.74, 6) is 0. The summed E-state index contributed by atoms with van der Waals surface area (Å²) in [5, 5.41) is 18.0. The van der Waals surface area contributed by atoms with Crippen LogP contribution in [0.15, 0.2) is 23.3 Å². The lowest BCUT2D eigenvalue weighted by molar-refractivity contribution is 0.222. The number of rotatable bonds is 4. The molecule has 0 amide bonds. The van der Waals surface area contributed by atoms with Gasteiger partial charge in [-0.2, -0.15) is 0 Å². The van der Waals surface area contributed by atoms with E-state index in [2.05, 4.69) is 0 Å². The number of allylic oxidation sites excluding steroid dienone is 1. The predicted molar refractivity (Wildman–Crippen MR) is 50.9 cm³/mol. The molecule has 12 heavy (non-hydrogen) atoms. The van der Waals surface area contributed by atoms with Crippen LogP contribution in [0.3, 0.4) is 0 Å². The highest BCUT2D eigenvalue weighted by molar-refractivity contribution is 5.06. The van der Waals surface area contributed by atoms with Gasteiger partial charge in [-0.15, -0.1) is 0 Å². The highest BCUT2D eigenvalue weighted by atomic mass is 16.3. The summed E-state index contributed by atoms with van der Waals surface area (Å²) in [6, 6.07) is 0. The molecule has 0 aromatic rings. The van der Waals surface area contributed by atoms with E-state index < -0.39 is 6.10 Å². The van der Waals surface area contributed by atoms with E-state index in [1.165, 1.54) is 0 Å². The van der Waals surface area contributed by atoms with Crippen molar-refractivity contribution in [2.45, 2.75) is 33.3 Å². The van der Waals surface area contributed by atoms with Crippen molar-refractivity contribution in [3.63, 3.8) is 0 Å². The first-order valence-corrected chi connectivity index (χ1v) is 4.16. The molecule has 0 bridgehead atoms. The fourth-order valence-electron chi connectivity index (χ4n) is 1.01. The third-order valence-electron chi connectivity index (χ3n) is 1.50. The van der Waals surface area contributed by atoms with Gasteiger partial charge in [-0.05, 0) is 27.2 Å². The molecule has 2 heteroatoms. The van der Waals surface area contributed by atoms with Crippen LogP contribution >= 0.6 is 0 Å². The van der Waals surface area contributed by atoms with Crippen molar-refractivity contribution in [2.75, 3.05) is 6.61 Å². The SMILES string of the molecule is CC(C)=CC(O)CC(C)=CCO. The van der Waals surface area contributed by atoms with E-state index in [4.69, 9.17) is 5.11 Å². The lowest BCUT2D eigenvalue weighted by Crippen LogP contribution is -2.03. The van der Waals surface area contributed by atoms with Crippen LogP contribution in [0.4, 0.5) is 0 Å². The molecule has 0 rings (SSSR count). The normalized spacial score (nSPS) is 14.2. The Morgan fingerprint density at radius 1 is 1.33 bits per heavy atom. The van der Waals surface area contributed by atoms with Crippen molar-refractivity contribution in [1.29, 1.82) is 0 Å². The number of aliphatic hydroxyl groups is 2. The fraction of sp³-hybridized carbons (Fsp3) is 0.600. The Labute approximate surface area is 74.2 Å². The molecule has 1 unspecified atom stereocenters. The molecular formula is C10H18O2. The van der Waals surface area contributed by atoms with E-state index in [1.54, 1.807) is 6.08 Å².